The Morgan fingerprint density at radius 2 is 1.40 bits per heavy atom. The molecule has 4 heteroatoms. The van der Waals surface area contributed by atoms with Crippen LogP contribution in [-0.2, 0) is 9.59 Å². The first-order valence-electron chi connectivity index (χ1n) is 7.55. The van der Waals surface area contributed by atoms with Gasteiger partial charge in [-0.1, -0.05) is 48.5 Å². The monoisotopic (exact) mass is 284 g/mol. The quantitative estimate of drug-likeness (QED) is 0.787. The summed E-state index contributed by atoms with van der Waals surface area (Å²) in [4.78, 5) is 23.9. The number of amides is 2. The lowest BCUT2D eigenvalue weighted by atomic mass is 9.85. The van der Waals surface area contributed by atoms with Crippen LogP contribution in [0.3, 0.4) is 0 Å². The topological polar surface area (TPSA) is 58.2 Å². The lowest BCUT2D eigenvalue weighted by Crippen LogP contribution is -2.49. The summed E-state index contributed by atoms with van der Waals surface area (Å²) in [7, 11) is 0. The standard InChI is InChI=1S/C16H32N2O2/c1-10(2)13(11(3)4)9-17-14(19)12(5)18-15(20)16(6,7)8/h10-13H,9H2,1-8H3,(H,17,19)(H,18,20). The van der Waals surface area contributed by atoms with Crippen LogP contribution < -0.4 is 10.6 Å². The van der Waals surface area contributed by atoms with Crippen LogP contribution in [0, 0.1) is 23.2 Å². The molecular weight excluding hydrogens is 252 g/mol. The van der Waals surface area contributed by atoms with E-state index in [1.165, 1.54) is 0 Å². The van der Waals surface area contributed by atoms with Gasteiger partial charge in [0, 0.05) is 12.0 Å². The SMILES string of the molecule is CC(NC(=O)C(C)(C)C)C(=O)NCC(C(C)C)C(C)C. The van der Waals surface area contributed by atoms with E-state index in [0.717, 1.165) is 0 Å². The van der Waals surface area contributed by atoms with Gasteiger partial charge >= 0.3 is 0 Å². The summed E-state index contributed by atoms with van der Waals surface area (Å²) in [6, 6.07) is -0.498. The van der Waals surface area contributed by atoms with Crippen LogP contribution in [0.1, 0.15) is 55.4 Å². The summed E-state index contributed by atoms with van der Waals surface area (Å²) in [6.45, 7) is 16.6. The van der Waals surface area contributed by atoms with Gasteiger partial charge in [-0.3, -0.25) is 9.59 Å². The average Bonchev–Trinajstić information content (AvgIpc) is 2.26. The normalized spacial score (nSPS) is 13.8. The van der Waals surface area contributed by atoms with Crippen LogP contribution in [0.15, 0.2) is 0 Å². The Bertz CT molecular complexity index is 322. The zero-order valence-corrected chi connectivity index (χ0v) is 14.3. The van der Waals surface area contributed by atoms with Crippen molar-refractivity contribution < 1.29 is 9.59 Å². The van der Waals surface area contributed by atoms with Crippen LogP contribution in [-0.4, -0.2) is 24.4 Å². The third-order valence-corrected chi connectivity index (χ3v) is 3.65. The molecule has 0 rings (SSSR count). The first-order valence-corrected chi connectivity index (χ1v) is 7.55. The Hall–Kier alpha value is -1.06. The van der Waals surface area contributed by atoms with E-state index in [1.807, 2.05) is 20.8 Å². The molecule has 0 saturated heterocycles. The fourth-order valence-electron chi connectivity index (χ4n) is 2.09. The number of hydrogen-bond donors (Lipinski definition) is 2. The minimum Gasteiger partial charge on any atom is -0.354 e. The number of carbonyl (C=O) groups is 2. The van der Waals surface area contributed by atoms with Crippen molar-refractivity contribution in [1.82, 2.24) is 10.6 Å². The van der Waals surface area contributed by atoms with Gasteiger partial charge in [-0.05, 0) is 24.7 Å². The second-order valence-corrected chi connectivity index (χ2v) is 7.34. The highest BCUT2D eigenvalue weighted by molar-refractivity contribution is 5.89. The Morgan fingerprint density at radius 3 is 1.75 bits per heavy atom. The number of rotatable bonds is 6. The minimum absolute atomic E-state index is 0.107. The molecule has 0 aliphatic rings. The van der Waals surface area contributed by atoms with Gasteiger partial charge in [-0.25, -0.2) is 0 Å². The highest BCUT2D eigenvalue weighted by atomic mass is 16.2. The molecule has 20 heavy (non-hydrogen) atoms. The summed E-state index contributed by atoms with van der Waals surface area (Å²) < 4.78 is 0. The lowest BCUT2D eigenvalue weighted by molar-refractivity contribution is -0.133. The zero-order valence-electron chi connectivity index (χ0n) is 14.3. The van der Waals surface area contributed by atoms with Crippen LogP contribution in [0.5, 0.6) is 0 Å². The molecule has 0 aromatic rings. The third-order valence-electron chi connectivity index (χ3n) is 3.65. The molecule has 118 valence electrons. The van der Waals surface area contributed by atoms with E-state index in [-0.39, 0.29) is 11.8 Å². The maximum atomic E-state index is 12.0. The van der Waals surface area contributed by atoms with Crippen molar-refractivity contribution >= 4 is 11.8 Å². The van der Waals surface area contributed by atoms with Gasteiger partial charge in [0.15, 0.2) is 0 Å². The molecule has 0 spiro atoms. The zero-order chi connectivity index (χ0) is 16.1. The molecule has 0 saturated carbocycles. The molecule has 0 fully saturated rings. The summed E-state index contributed by atoms with van der Waals surface area (Å²) in [5.74, 6) is 1.27. The minimum atomic E-state index is -0.498. The molecule has 2 N–H and O–H groups in total. The molecule has 0 aliphatic heterocycles. The summed E-state index contributed by atoms with van der Waals surface area (Å²) in [5, 5.41) is 5.70. The van der Waals surface area contributed by atoms with Gasteiger partial charge in [0.1, 0.15) is 6.04 Å². The van der Waals surface area contributed by atoms with Gasteiger partial charge < -0.3 is 10.6 Å². The molecule has 2 amide bonds. The van der Waals surface area contributed by atoms with E-state index in [1.54, 1.807) is 6.92 Å². The second kappa shape index (κ2) is 7.65. The van der Waals surface area contributed by atoms with Crippen molar-refractivity contribution in [3.63, 3.8) is 0 Å². The maximum absolute atomic E-state index is 12.0. The molecule has 1 unspecified atom stereocenters. The van der Waals surface area contributed by atoms with Crippen molar-refractivity contribution in [2.45, 2.75) is 61.4 Å². The first-order chi connectivity index (χ1) is 8.96. The second-order valence-electron chi connectivity index (χ2n) is 7.34. The highest BCUT2D eigenvalue weighted by Gasteiger charge is 2.25. The predicted octanol–water partition coefficient (Wildman–Crippen LogP) is 2.58. The van der Waals surface area contributed by atoms with Crippen LogP contribution in [0.2, 0.25) is 0 Å². The molecule has 0 bridgehead atoms. The first kappa shape index (κ1) is 18.9. The van der Waals surface area contributed by atoms with Crippen molar-refractivity contribution in [2.75, 3.05) is 6.54 Å². The fraction of sp³-hybridized carbons (Fsp3) is 0.875. The third kappa shape index (κ3) is 6.40. The Balaban J connectivity index is 4.37. The van der Waals surface area contributed by atoms with Crippen LogP contribution in [0.25, 0.3) is 0 Å². The van der Waals surface area contributed by atoms with Crippen molar-refractivity contribution in [2.24, 2.45) is 23.2 Å². The summed E-state index contributed by atoms with van der Waals surface area (Å²) in [5.41, 5.74) is -0.479. The average molecular weight is 284 g/mol. The number of hydrogen-bond acceptors (Lipinski definition) is 2. The Kier molecular flexibility index (Phi) is 7.25. The predicted molar refractivity (Wildman–Crippen MR) is 83.2 cm³/mol. The van der Waals surface area contributed by atoms with E-state index < -0.39 is 11.5 Å². The van der Waals surface area contributed by atoms with E-state index in [4.69, 9.17) is 0 Å². The molecule has 0 radical (unpaired) electrons. The van der Waals surface area contributed by atoms with Crippen molar-refractivity contribution in [3.05, 3.63) is 0 Å². The van der Waals surface area contributed by atoms with E-state index in [2.05, 4.69) is 38.3 Å². The van der Waals surface area contributed by atoms with E-state index >= 15 is 0 Å². The van der Waals surface area contributed by atoms with Crippen LogP contribution in [0.4, 0.5) is 0 Å². The molecule has 0 aromatic heterocycles. The van der Waals surface area contributed by atoms with Crippen molar-refractivity contribution in [3.8, 4) is 0 Å². The molecule has 0 aliphatic carbocycles. The van der Waals surface area contributed by atoms with Gasteiger partial charge in [0.25, 0.3) is 0 Å². The summed E-state index contributed by atoms with van der Waals surface area (Å²) in [6.07, 6.45) is 0. The van der Waals surface area contributed by atoms with E-state index in [0.29, 0.717) is 24.3 Å². The van der Waals surface area contributed by atoms with Gasteiger partial charge in [-0.15, -0.1) is 0 Å². The molecule has 1 atom stereocenters. The van der Waals surface area contributed by atoms with E-state index in [9.17, 15) is 9.59 Å². The largest absolute Gasteiger partial charge is 0.354 e. The smallest absolute Gasteiger partial charge is 0.242 e. The summed E-state index contributed by atoms with van der Waals surface area (Å²) >= 11 is 0. The fourth-order valence-corrected chi connectivity index (χ4v) is 2.09. The van der Waals surface area contributed by atoms with Gasteiger partial charge in [0.05, 0.1) is 0 Å². The number of nitrogens with one attached hydrogen (secondary N) is 2. The lowest BCUT2D eigenvalue weighted by Gasteiger charge is -2.26. The van der Waals surface area contributed by atoms with Crippen LogP contribution >= 0.6 is 0 Å². The van der Waals surface area contributed by atoms with Gasteiger partial charge in [0.2, 0.25) is 11.8 Å². The molecule has 0 aromatic carbocycles. The van der Waals surface area contributed by atoms with Gasteiger partial charge in [-0.2, -0.15) is 0 Å². The Labute approximate surface area is 124 Å². The highest BCUT2D eigenvalue weighted by Crippen LogP contribution is 2.19. The molecular formula is C16H32N2O2. The van der Waals surface area contributed by atoms with Crippen molar-refractivity contribution in [1.29, 1.82) is 0 Å². The maximum Gasteiger partial charge on any atom is 0.242 e. The molecule has 0 heterocycles. The number of carbonyl (C=O) groups excluding carboxylic acids is 2. The Morgan fingerprint density at radius 1 is 0.950 bits per heavy atom. The molecule has 4 nitrogen and oxygen atoms in total.